The van der Waals surface area contributed by atoms with E-state index in [2.05, 4.69) is 63.1 Å². The number of hydrogen-bond acceptors (Lipinski definition) is 3. The highest BCUT2D eigenvalue weighted by atomic mass is 32.1. The SMILES string of the molecule is Cc1cccc(CN2CCN(C(=O)c3cc4sccc4n3C3CCCC3)CC2)c1. The molecule has 4 nitrogen and oxygen atoms in total. The molecule has 0 N–H and O–H groups in total. The Morgan fingerprint density at radius 2 is 1.86 bits per heavy atom. The van der Waals surface area contributed by atoms with Gasteiger partial charge in [0.05, 0.1) is 10.2 Å². The summed E-state index contributed by atoms with van der Waals surface area (Å²) in [7, 11) is 0. The molecule has 0 radical (unpaired) electrons. The number of aromatic nitrogens is 1. The first-order valence-electron chi connectivity index (χ1n) is 10.8. The van der Waals surface area contributed by atoms with Crippen molar-refractivity contribution in [2.24, 2.45) is 0 Å². The van der Waals surface area contributed by atoms with Crippen LogP contribution < -0.4 is 0 Å². The zero-order valence-electron chi connectivity index (χ0n) is 17.1. The van der Waals surface area contributed by atoms with Gasteiger partial charge in [-0.1, -0.05) is 42.7 Å². The Balaban J connectivity index is 1.30. The summed E-state index contributed by atoms with van der Waals surface area (Å²) in [5.74, 6) is 0.218. The highest BCUT2D eigenvalue weighted by molar-refractivity contribution is 7.17. The Bertz CT molecular complexity index is 1010. The van der Waals surface area contributed by atoms with Crippen molar-refractivity contribution in [3.63, 3.8) is 0 Å². The van der Waals surface area contributed by atoms with Gasteiger partial charge in [-0.25, -0.2) is 0 Å². The average Bonchev–Trinajstić information content (AvgIpc) is 3.45. The lowest BCUT2D eigenvalue weighted by molar-refractivity contribution is 0.0616. The Kier molecular flexibility index (Phi) is 5.18. The molecule has 0 unspecified atom stereocenters. The van der Waals surface area contributed by atoms with E-state index in [4.69, 9.17) is 0 Å². The second-order valence-corrected chi connectivity index (χ2v) is 9.51. The summed E-state index contributed by atoms with van der Waals surface area (Å²) in [6, 6.07) is 13.6. The van der Waals surface area contributed by atoms with Crippen LogP contribution in [-0.2, 0) is 6.54 Å². The Labute approximate surface area is 176 Å². The first kappa shape index (κ1) is 18.9. The van der Waals surface area contributed by atoms with Gasteiger partial charge in [-0.3, -0.25) is 9.69 Å². The predicted octanol–water partition coefficient (Wildman–Crippen LogP) is 5.08. The molecule has 3 heterocycles. The van der Waals surface area contributed by atoms with Crippen LogP contribution in [0, 0.1) is 6.92 Å². The molecule has 5 heteroatoms. The second-order valence-electron chi connectivity index (χ2n) is 8.57. The molecule has 1 amide bonds. The lowest BCUT2D eigenvalue weighted by Gasteiger charge is -2.35. The molecule has 5 rings (SSSR count). The first-order chi connectivity index (χ1) is 14.2. The molecule has 2 aliphatic rings. The van der Waals surface area contributed by atoms with Crippen LogP contribution in [0.25, 0.3) is 10.2 Å². The fourth-order valence-electron chi connectivity index (χ4n) is 5.01. The number of hydrogen-bond donors (Lipinski definition) is 0. The van der Waals surface area contributed by atoms with Crippen molar-refractivity contribution in [2.75, 3.05) is 26.2 Å². The molecule has 2 fully saturated rings. The van der Waals surface area contributed by atoms with E-state index in [1.165, 1.54) is 47.0 Å². The third kappa shape index (κ3) is 3.74. The minimum absolute atomic E-state index is 0.218. The van der Waals surface area contributed by atoms with Crippen LogP contribution in [0.4, 0.5) is 0 Å². The minimum Gasteiger partial charge on any atom is -0.335 e. The smallest absolute Gasteiger partial charge is 0.270 e. The van der Waals surface area contributed by atoms with E-state index >= 15 is 0 Å². The van der Waals surface area contributed by atoms with Gasteiger partial charge in [0, 0.05) is 38.8 Å². The van der Waals surface area contributed by atoms with Gasteiger partial charge in [-0.05, 0) is 42.8 Å². The summed E-state index contributed by atoms with van der Waals surface area (Å²) >= 11 is 1.75. The number of fused-ring (bicyclic) bond motifs is 1. The monoisotopic (exact) mass is 407 g/mol. The largest absolute Gasteiger partial charge is 0.335 e. The number of thiophene rings is 1. The van der Waals surface area contributed by atoms with E-state index < -0.39 is 0 Å². The molecule has 1 saturated heterocycles. The predicted molar refractivity (Wildman–Crippen MR) is 120 cm³/mol. The zero-order valence-corrected chi connectivity index (χ0v) is 18.0. The van der Waals surface area contributed by atoms with Gasteiger partial charge in [0.15, 0.2) is 0 Å². The molecule has 1 aliphatic heterocycles. The maximum atomic E-state index is 13.4. The number of piperazine rings is 1. The van der Waals surface area contributed by atoms with Crippen molar-refractivity contribution < 1.29 is 4.79 Å². The van der Waals surface area contributed by atoms with Gasteiger partial charge in [-0.15, -0.1) is 11.3 Å². The average molecular weight is 408 g/mol. The molecule has 1 aromatic carbocycles. The zero-order chi connectivity index (χ0) is 19.8. The van der Waals surface area contributed by atoms with Gasteiger partial charge in [0.2, 0.25) is 0 Å². The van der Waals surface area contributed by atoms with Crippen LogP contribution in [0.5, 0.6) is 0 Å². The molecule has 2 aromatic heterocycles. The molecular formula is C24H29N3OS. The maximum Gasteiger partial charge on any atom is 0.270 e. The van der Waals surface area contributed by atoms with Crippen LogP contribution in [0.1, 0.15) is 53.3 Å². The highest BCUT2D eigenvalue weighted by Gasteiger charge is 2.29. The van der Waals surface area contributed by atoms with Gasteiger partial charge in [-0.2, -0.15) is 0 Å². The van der Waals surface area contributed by atoms with Gasteiger partial charge >= 0.3 is 0 Å². The van der Waals surface area contributed by atoms with E-state index in [0.717, 1.165) is 38.4 Å². The van der Waals surface area contributed by atoms with Crippen LogP contribution in [-0.4, -0.2) is 46.5 Å². The maximum absolute atomic E-state index is 13.4. The first-order valence-corrected chi connectivity index (χ1v) is 11.7. The third-order valence-electron chi connectivity index (χ3n) is 6.52. The molecule has 152 valence electrons. The molecule has 1 saturated carbocycles. The van der Waals surface area contributed by atoms with E-state index in [-0.39, 0.29) is 5.91 Å². The summed E-state index contributed by atoms with van der Waals surface area (Å²) in [4.78, 5) is 18.0. The fraction of sp³-hybridized carbons (Fsp3) is 0.458. The topological polar surface area (TPSA) is 28.5 Å². The molecule has 3 aromatic rings. The van der Waals surface area contributed by atoms with Gasteiger partial charge < -0.3 is 9.47 Å². The highest BCUT2D eigenvalue weighted by Crippen LogP contribution is 2.37. The van der Waals surface area contributed by atoms with Crippen LogP contribution in [0.3, 0.4) is 0 Å². The van der Waals surface area contributed by atoms with Crippen molar-refractivity contribution in [1.82, 2.24) is 14.4 Å². The Morgan fingerprint density at radius 3 is 2.62 bits per heavy atom. The van der Waals surface area contributed by atoms with Crippen molar-refractivity contribution in [3.8, 4) is 0 Å². The molecule has 1 aliphatic carbocycles. The molecular weight excluding hydrogens is 378 g/mol. The van der Waals surface area contributed by atoms with Gasteiger partial charge in [0.25, 0.3) is 5.91 Å². The molecule has 0 bridgehead atoms. The van der Waals surface area contributed by atoms with Gasteiger partial charge in [0.1, 0.15) is 5.69 Å². The lowest BCUT2D eigenvalue weighted by atomic mass is 10.1. The molecule has 0 atom stereocenters. The number of aryl methyl sites for hydroxylation is 1. The van der Waals surface area contributed by atoms with Crippen LogP contribution >= 0.6 is 11.3 Å². The van der Waals surface area contributed by atoms with Crippen LogP contribution in [0.2, 0.25) is 0 Å². The fourth-order valence-corrected chi connectivity index (χ4v) is 5.82. The number of amides is 1. The summed E-state index contributed by atoms with van der Waals surface area (Å²) in [6.45, 7) is 6.63. The summed E-state index contributed by atoms with van der Waals surface area (Å²) < 4.78 is 3.61. The quantitative estimate of drug-likeness (QED) is 0.603. The lowest BCUT2D eigenvalue weighted by Crippen LogP contribution is -2.48. The summed E-state index contributed by atoms with van der Waals surface area (Å²) in [6.07, 6.45) is 4.95. The Morgan fingerprint density at radius 1 is 1.07 bits per heavy atom. The third-order valence-corrected chi connectivity index (χ3v) is 7.37. The summed E-state index contributed by atoms with van der Waals surface area (Å²) in [5.41, 5.74) is 4.83. The number of rotatable bonds is 4. The minimum atomic E-state index is 0.218. The number of nitrogens with zero attached hydrogens (tertiary/aromatic N) is 3. The van der Waals surface area contributed by atoms with Crippen LogP contribution in [0.15, 0.2) is 41.8 Å². The van der Waals surface area contributed by atoms with E-state index in [1.54, 1.807) is 11.3 Å². The normalized spacial score (nSPS) is 18.7. The van der Waals surface area contributed by atoms with E-state index in [9.17, 15) is 4.79 Å². The van der Waals surface area contributed by atoms with Crippen molar-refractivity contribution in [2.45, 2.75) is 45.2 Å². The molecule has 0 spiro atoms. The van der Waals surface area contributed by atoms with E-state index in [0.29, 0.717) is 6.04 Å². The standard InChI is InChI=1S/C24H29N3OS/c1-18-5-4-6-19(15-18)17-25-10-12-26(13-11-25)24(28)22-16-23-21(9-14-29-23)27(22)20-7-2-3-8-20/h4-6,9,14-16,20H,2-3,7-8,10-13,17H2,1H3. The Hall–Kier alpha value is -2.11. The number of carbonyl (C=O) groups excluding carboxylic acids is 1. The summed E-state index contributed by atoms with van der Waals surface area (Å²) in [5, 5.41) is 2.15. The van der Waals surface area contributed by atoms with E-state index in [1.807, 2.05) is 0 Å². The number of carbonyl (C=O) groups is 1. The van der Waals surface area contributed by atoms with Crippen molar-refractivity contribution in [1.29, 1.82) is 0 Å². The van der Waals surface area contributed by atoms with Crippen molar-refractivity contribution in [3.05, 3.63) is 58.6 Å². The second kappa shape index (κ2) is 7.96. The molecule has 29 heavy (non-hydrogen) atoms. The number of benzene rings is 1. The van der Waals surface area contributed by atoms with Crippen molar-refractivity contribution >= 4 is 27.5 Å².